The third kappa shape index (κ3) is 25.2. The first-order chi connectivity index (χ1) is 15.1. The van der Waals surface area contributed by atoms with Gasteiger partial charge in [-0.1, -0.05) is 7.96 Å². The van der Waals surface area contributed by atoms with Crippen LogP contribution in [0.5, 0.6) is 0 Å². The molecule has 1 amide bonds. The SMILES string of the molecule is C1CCOC1.CC(C)(C)OC(=O)NC1CCC(N)CC1.CNC1CCC(N)CC1.PPP.[AlH3].[H-].[Li+]. The van der Waals surface area contributed by atoms with Crippen molar-refractivity contribution in [3.63, 3.8) is 0 Å². The zero-order valence-corrected chi connectivity index (χ0v) is 25.1. The van der Waals surface area contributed by atoms with E-state index in [0.29, 0.717) is 12.1 Å². The van der Waals surface area contributed by atoms with E-state index in [4.69, 9.17) is 20.9 Å². The van der Waals surface area contributed by atoms with Gasteiger partial charge >= 0.3 is 25.0 Å². The maximum atomic E-state index is 11.4. The van der Waals surface area contributed by atoms with E-state index in [1.54, 1.807) is 0 Å². The number of hydrogen-bond donors (Lipinski definition) is 4. The first kappa shape index (κ1) is 40.0. The molecule has 0 aromatic rings. The Kier molecular flexibility index (Phi) is 29.3. The van der Waals surface area contributed by atoms with Crippen molar-refractivity contribution in [3.05, 3.63) is 0 Å². The molecule has 2 aliphatic carbocycles. The molecule has 0 radical (unpaired) electrons. The van der Waals surface area contributed by atoms with Crippen LogP contribution in [-0.2, 0) is 9.47 Å². The van der Waals surface area contributed by atoms with Gasteiger partial charge in [-0.15, -0.1) is 17.9 Å². The van der Waals surface area contributed by atoms with Gasteiger partial charge in [-0.3, -0.25) is 0 Å². The molecular formula is C22H55AlLiN4O3P3. The number of carbonyl (C=O) groups excluding carboxylic acids is 1. The van der Waals surface area contributed by atoms with Crippen LogP contribution in [0, 0.1) is 0 Å². The fourth-order valence-electron chi connectivity index (χ4n) is 3.66. The number of nitrogens with one attached hydrogen (secondary N) is 2. The number of ether oxygens (including phenoxy) is 2. The van der Waals surface area contributed by atoms with E-state index in [-0.39, 0.29) is 49.8 Å². The predicted octanol–water partition coefficient (Wildman–Crippen LogP) is 0.231. The molecule has 2 saturated carbocycles. The van der Waals surface area contributed by atoms with E-state index in [9.17, 15) is 4.79 Å². The molecule has 1 aliphatic heterocycles. The molecule has 3 fully saturated rings. The molecule has 3 rings (SSSR count). The second kappa shape index (κ2) is 24.8. The molecule has 12 heteroatoms. The summed E-state index contributed by atoms with van der Waals surface area (Å²) < 4.78 is 10.1. The maximum absolute atomic E-state index is 11.4. The summed E-state index contributed by atoms with van der Waals surface area (Å²) in [6.07, 6.45) is 11.1. The van der Waals surface area contributed by atoms with Gasteiger partial charge < -0.3 is 33.0 Å². The van der Waals surface area contributed by atoms with Crippen LogP contribution in [-0.4, -0.2) is 73.5 Å². The van der Waals surface area contributed by atoms with Crippen molar-refractivity contribution < 1.29 is 34.6 Å². The fourth-order valence-corrected chi connectivity index (χ4v) is 3.66. The maximum Gasteiger partial charge on any atom is 1.00 e. The predicted molar refractivity (Wildman–Crippen MR) is 158 cm³/mol. The molecule has 0 bridgehead atoms. The topological polar surface area (TPSA) is 112 Å². The second-order valence-electron chi connectivity index (χ2n) is 9.64. The van der Waals surface area contributed by atoms with Crippen LogP contribution in [0.25, 0.3) is 0 Å². The minimum absolute atomic E-state index is 0. The summed E-state index contributed by atoms with van der Waals surface area (Å²) in [6, 6.07) is 1.76. The molecule has 0 spiro atoms. The van der Waals surface area contributed by atoms with Gasteiger partial charge in [-0.05, 0) is 92.0 Å². The Morgan fingerprint density at radius 3 is 1.62 bits per heavy atom. The number of amides is 1. The second-order valence-corrected chi connectivity index (χ2v) is 14.0. The normalized spacial score (nSPS) is 25.8. The van der Waals surface area contributed by atoms with Crippen molar-refractivity contribution >= 4 is 49.3 Å². The Labute approximate surface area is 240 Å². The molecule has 3 aliphatic rings. The number of hydrogen-bond acceptors (Lipinski definition) is 6. The van der Waals surface area contributed by atoms with E-state index in [1.807, 2.05) is 27.8 Å². The molecule has 2 unspecified atom stereocenters. The molecule has 6 N–H and O–H groups in total. The summed E-state index contributed by atoms with van der Waals surface area (Å²) in [6.45, 7) is 7.59. The van der Waals surface area contributed by atoms with Gasteiger partial charge in [0.1, 0.15) is 5.60 Å². The third-order valence-corrected chi connectivity index (χ3v) is 5.50. The standard InChI is InChI=1S/C11H22N2O2.C7H16N2.C4H8O.Al.Li.H5P3.4H/c1-11(2,3)15-10(14)13-9-6-4-8(12)5-7-9;1-9-7-4-2-6(8)3-5-7;1-2-4-5-3-1;;;1-3-2;;;;/h8-9H,4-7,12H2,1-3H3,(H,13,14);6-7,9H,2-5,8H2,1H3;1-4H2;;;3H,1-2H2;;;;/q;;;;+1;;;;;-1. The zero-order valence-electron chi connectivity index (χ0n) is 22.8. The number of nitrogens with two attached hydrogens (primary N) is 2. The first-order valence-electron chi connectivity index (χ1n) is 12.0. The van der Waals surface area contributed by atoms with E-state index >= 15 is 0 Å². The summed E-state index contributed by atoms with van der Waals surface area (Å²) in [4.78, 5) is 11.4. The Hall–Kier alpha value is 1.53. The van der Waals surface area contributed by atoms with Crippen molar-refractivity contribution in [2.45, 2.75) is 115 Å². The number of carbonyl (C=O) groups is 1. The van der Waals surface area contributed by atoms with Crippen LogP contribution in [0.15, 0.2) is 0 Å². The first-order valence-corrected chi connectivity index (χ1v) is 16.6. The summed E-state index contributed by atoms with van der Waals surface area (Å²) in [5, 5.41) is 6.15. The Bertz CT molecular complexity index is 462. The summed E-state index contributed by atoms with van der Waals surface area (Å²) in [7, 11) is 8.08. The van der Waals surface area contributed by atoms with Gasteiger partial charge in [0.15, 0.2) is 17.4 Å². The van der Waals surface area contributed by atoms with Crippen LogP contribution in [0.2, 0.25) is 0 Å². The smallest absolute Gasteiger partial charge is 1.00 e. The van der Waals surface area contributed by atoms with E-state index < -0.39 is 5.60 Å². The third-order valence-electron chi connectivity index (χ3n) is 5.50. The van der Waals surface area contributed by atoms with Gasteiger partial charge in [0.05, 0.1) is 0 Å². The summed E-state index contributed by atoms with van der Waals surface area (Å²) in [5.41, 5.74) is 11.1. The molecule has 2 atom stereocenters. The van der Waals surface area contributed by atoms with Crippen LogP contribution >= 0.6 is 25.8 Å². The molecule has 1 heterocycles. The zero-order chi connectivity index (χ0) is 24.4. The molecule has 0 aromatic heterocycles. The Balaban J connectivity index is -0.000000205. The monoisotopic (exact) mass is 550 g/mol. The number of rotatable bonds is 2. The van der Waals surface area contributed by atoms with Crippen LogP contribution in [0.3, 0.4) is 0 Å². The quantitative estimate of drug-likeness (QED) is 0.290. The van der Waals surface area contributed by atoms with Gasteiger partial charge in [-0.25, -0.2) is 4.79 Å². The summed E-state index contributed by atoms with van der Waals surface area (Å²) >= 11 is 0. The summed E-state index contributed by atoms with van der Waals surface area (Å²) in [5.74, 6) is 0. The molecule has 0 aromatic carbocycles. The van der Waals surface area contributed by atoms with Crippen LogP contribution < -0.4 is 41.0 Å². The molecule has 34 heavy (non-hydrogen) atoms. The molecule has 200 valence electrons. The fraction of sp³-hybridized carbons (Fsp3) is 0.955. The van der Waals surface area contributed by atoms with Crippen LogP contribution in [0.4, 0.5) is 4.79 Å². The van der Waals surface area contributed by atoms with Gasteiger partial charge in [0, 0.05) is 37.4 Å². The van der Waals surface area contributed by atoms with E-state index in [1.165, 1.54) is 38.5 Å². The Morgan fingerprint density at radius 2 is 1.32 bits per heavy atom. The molecule has 7 nitrogen and oxygen atoms in total. The molecule has 1 saturated heterocycles. The van der Waals surface area contributed by atoms with Crippen molar-refractivity contribution in [1.82, 2.24) is 10.6 Å². The van der Waals surface area contributed by atoms with Gasteiger partial charge in [-0.2, -0.15) is 0 Å². The van der Waals surface area contributed by atoms with Gasteiger partial charge in [0.25, 0.3) is 0 Å². The largest absolute Gasteiger partial charge is 1.00 e. The average molecular weight is 551 g/mol. The minimum Gasteiger partial charge on any atom is -1.00 e. The van der Waals surface area contributed by atoms with Crippen molar-refractivity contribution in [2.24, 2.45) is 11.5 Å². The molecular weight excluding hydrogens is 495 g/mol. The van der Waals surface area contributed by atoms with E-state index in [0.717, 1.165) is 52.9 Å². The van der Waals surface area contributed by atoms with Crippen molar-refractivity contribution in [2.75, 3.05) is 20.3 Å². The Morgan fingerprint density at radius 1 is 0.941 bits per heavy atom. The van der Waals surface area contributed by atoms with Crippen molar-refractivity contribution in [3.8, 4) is 0 Å². The van der Waals surface area contributed by atoms with Gasteiger partial charge in [0.2, 0.25) is 0 Å². The minimum atomic E-state index is -0.421. The van der Waals surface area contributed by atoms with E-state index in [2.05, 4.69) is 28.5 Å². The average Bonchev–Trinajstić information content (AvgIpc) is 3.30. The van der Waals surface area contributed by atoms with Crippen LogP contribution in [0.1, 0.15) is 86.4 Å². The van der Waals surface area contributed by atoms with Crippen molar-refractivity contribution in [1.29, 1.82) is 0 Å². The number of alkyl carbamates (subject to hydrolysis) is 1.